The van der Waals surface area contributed by atoms with E-state index in [2.05, 4.69) is 23.4 Å². The molecule has 0 saturated carbocycles. The van der Waals surface area contributed by atoms with Crippen molar-refractivity contribution in [2.45, 2.75) is 26.4 Å². The van der Waals surface area contributed by atoms with Crippen molar-refractivity contribution in [3.63, 3.8) is 0 Å². The number of rotatable bonds is 1. The van der Waals surface area contributed by atoms with E-state index in [-0.39, 0.29) is 0 Å². The average molecular weight is 176 g/mol. The molecule has 0 atom stereocenters. The Balaban J connectivity index is 2.52. The first-order valence-corrected chi connectivity index (χ1v) is 4.56. The first-order valence-electron chi connectivity index (χ1n) is 4.56. The molecule has 0 saturated heterocycles. The summed E-state index contributed by atoms with van der Waals surface area (Å²) in [7, 11) is 0. The summed E-state index contributed by atoms with van der Waals surface area (Å²) in [4.78, 5) is 0. The molecule has 13 heavy (non-hydrogen) atoms. The largest absolute Gasteiger partial charge is 0.312 e. The van der Waals surface area contributed by atoms with E-state index < -0.39 is 0 Å². The van der Waals surface area contributed by atoms with E-state index in [1.165, 1.54) is 5.69 Å². The van der Waals surface area contributed by atoms with Crippen LogP contribution in [-0.4, -0.2) is 16.3 Å². The van der Waals surface area contributed by atoms with Gasteiger partial charge >= 0.3 is 0 Å². The Morgan fingerprint density at radius 3 is 3.23 bits per heavy atom. The average Bonchev–Trinajstić information content (AvgIpc) is 2.56. The van der Waals surface area contributed by atoms with Gasteiger partial charge in [-0.3, -0.25) is 4.68 Å². The lowest BCUT2D eigenvalue weighted by Crippen LogP contribution is -2.24. The maximum absolute atomic E-state index is 8.85. The van der Waals surface area contributed by atoms with E-state index in [0.29, 0.717) is 5.69 Å². The number of fused-ring (bicyclic) bond motifs is 1. The molecule has 1 aromatic rings. The molecule has 0 unspecified atom stereocenters. The summed E-state index contributed by atoms with van der Waals surface area (Å²) in [5, 5.41) is 16.3. The molecule has 2 heterocycles. The summed E-state index contributed by atoms with van der Waals surface area (Å²) in [6, 6.07) is 2.14. The lowest BCUT2D eigenvalue weighted by molar-refractivity contribution is 0.571. The maximum Gasteiger partial charge on any atom is 0.167 e. The molecule has 0 spiro atoms. The Hall–Kier alpha value is -1.34. The first-order chi connectivity index (χ1) is 6.36. The Labute approximate surface area is 77.2 Å². The second-order valence-corrected chi connectivity index (χ2v) is 3.13. The third kappa shape index (κ3) is 1.21. The number of hydrogen-bond acceptors (Lipinski definition) is 3. The van der Waals surface area contributed by atoms with E-state index >= 15 is 0 Å². The SMILES string of the molecule is CCn1nc(C#N)c2c1CCNC2. The molecule has 1 N–H and O–H groups in total. The smallest absolute Gasteiger partial charge is 0.167 e. The third-order valence-corrected chi connectivity index (χ3v) is 2.41. The predicted octanol–water partition coefficient (Wildman–Crippen LogP) is 0.420. The predicted molar refractivity (Wildman–Crippen MR) is 48.0 cm³/mol. The highest BCUT2D eigenvalue weighted by Gasteiger charge is 2.19. The fourth-order valence-electron chi connectivity index (χ4n) is 1.77. The number of nitrogens with one attached hydrogen (secondary N) is 1. The summed E-state index contributed by atoms with van der Waals surface area (Å²) in [5.41, 5.74) is 2.91. The van der Waals surface area contributed by atoms with Crippen molar-refractivity contribution in [1.82, 2.24) is 15.1 Å². The molecule has 4 heteroatoms. The Morgan fingerprint density at radius 1 is 1.69 bits per heavy atom. The van der Waals surface area contributed by atoms with Crippen LogP contribution in [0, 0.1) is 11.3 Å². The van der Waals surface area contributed by atoms with Crippen LogP contribution in [0.5, 0.6) is 0 Å². The van der Waals surface area contributed by atoms with Crippen LogP contribution in [0.1, 0.15) is 23.9 Å². The number of nitrogens with zero attached hydrogens (tertiary/aromatic N) is 3. The summed E-state index contributed by atoms with van der Waals surface area (Å²) in [5.74, 6) is 0. The molecular formula is C9H12N4. The summed E-state index contributed by atoms with van der Waals surface area (Å²) >= 11 is 0. The van der Waals surface area contributed by atoms with Crippen molar-refractivity contribution in [2.24, 2.45) is 0 Å². The van der Waals surface area contributed by atoms with Gasteiger partial charge in [-0.15, -0.1) is 0 Å². The number of nitriles is 1. The van der Waals surface area contributed by atoms with Gasteiger partial charge in [0, 0.05) is 37.3 Å². The zero-order valence-corrected chi connectivity index (χ0v) is 7.67. The molecule has 1 aliphatic heterocycles. The highest BCUT2D eigenvalue weighted by Crippen LogP contribution is 2.17. The van der Waals surface area contributed by atoms with Gasteiger partial charge in [0.05, 0.1) is 0 Å². The molecule has 0 aliphatic carbocycles. The molecule has 0 radical (unpaired) electrons. The normalized spacial score (nSPS) is 15.1. The third-order valence-electron chi connectivity index (χ3n) is 2.41. The highest BCUT2D eigenvalue weighted by atomic mass is 15.3. The Kier molecular flexibility index (Phi) is 2.03. The zero-order chi connectivity index (χ0) is 9.26. The fraction of sp³-hybridized carbons (Fsp3) is 0.556. The van der Waals surface area contributed by atoms with Crippen molar-refractivity contribution in [3.05, 3.63) is 17.0 Å². The van der Waals surface area contributed by atoms with Crippen molar-refractivity contribution in [3.8, 4) is 6.07 Å². The molecule has 0 fully saturated rings. The van der Waals surface area contributed by atoms with Gasteiger partial charge in [-0.05, 0) is 6.92 Å². The van der Waals surface area contributed by atoms with E-state index in [9.17, 15) is 0 Å². The van der Waals surface area contributed by atoms with Gasteiger partial charge in [-0.25, -0.2) is 0 Å². The van der Waals surface area contributed by atoms with Gasteiger partial charge in [0.15, 0.2) is 5.69 Å². The highest BCUT2D eigenvalue weighted by molar-refractivity contribution is 5.36. The lowest BCUT2D eigenvalue weighted by atomic mass is 10.1. The van der Waals surface area contributed by atoms with E-state index in [0.717, 1.165) is 31.6 Å². The van der Waals surface area contributed by atoms with Gasteiger partial charge in [-0.2, -0.15) is 10.4 Å². The van der Waals surface area contributed by atoms with Crippen LogP contribution in [0.25, 0.3) is 0 Å². The molecule has 2 rings (SSSR count). The van der Waals surface area contributed by atoms with Crippen LogP contribution in [0.2, 0.25) is 0 Å². The van der Waals surface area contributed by atoms with Crippen molar-refractivity contribution < 1.29 is 0 Å². The lowest BCUT2D eigenvalue weighted by Gasteiger charge is -2.13. The van der Waals surface area contributed by atoms with Gasteiger partial charge in [-0.1, -0.05) is 0 Å². The van der Waals surface area contributed by atoms with Crippen LogP contribution in [-0.2, 0) is 19.5 Å². The van der Waals surface area contributed by atoms with Crippen LogP contribution in [0.3, 0.4) is 0 Å². The Morgan fingerprint density at radius 2 is 2.54 bits per heavy atom. The van der Waals surface area contributed by atoms with E-state index in [4.69, 9.17) is 5.26 Å². The summed E-state index contributed by atoms with van der Waals surface area (Å²) in [6.45, 7) is 4.68. The molecule has 0 bridgehead atoms. The number of aryl methyl sites for hydroxylation is 1. The van der Waals surface area contributed by atoms with Crippen molar-refractivity contribution in [2.75, 3.05) is 6.54 Å². The molecule has 0 amide bonds. The second-order valence-electron chi connectivity index (χ2n) is 3.13. The van der Waals surface area contributed by atoms with Crippen LogP contribution in [0.4, 0.5) is 0 Å². The number of aromatic nitrogens is 2. The summed E-state index contributed by atoms with van der Waals surface area (Å²) < 4.78 is 1.94. The van der Waals surface area contributed by atoms with Crippen LogP contribution in [0.15, 0.2) is 0 Å². The minimum Gasteiger partial charge on any atom is -0.312 e. The number of hydrogen-bond donors (Lipinski definition) is 1. The molecule has 4 nitrogen and oxygen atoms in total. The monoisotopic (exact) mass is 176 g/mol. The van der Waals surface area contributed by atoms with Gasteiger partial charge in [0.25, 0.3) is 0 Å². The fourth-order valence-corrected chi connectivity index (χ4v) is 1.77. The quantitative estimate of drug-likeness (QED) is 0.674. The summed E-state index contributed by atoms with van der Waals surface area (Å²) in [6.07, 6.45) is 0.984. The van der Waals surface area contributed by atoms with Crippen LogP contribution < -0.4 is 5.32 Å². The van der Waals surface area contributed by atoms with Gasteiger partial charge in [0.1, 0.15) is 6.07 Å². The second kappa shape index (κ2) is 3.19. The maximum atomic E-state index is 8.85. The van der Waals surface area contributed by atoms with Crippen molar-refractivity contribution >= 4 is 0 Å². The molecule has 1 aromatic heterocycles. The molecule has 68 valence electrons. The molecule has 1 aliphatic rings. The van der Waals surface area contributed by atoms with E-state index in [1.54, 1.807) is 0 Å². The van der Waals surface area contributed by atoms with E-state index in [1.807, 2.05) is 4.68 Å². The molecule has 0 aromatic carbocycles. The van der Waals surface area contributed by atoms with Gasteiger partial charge in [0.2, 0.25) is 0 Å². The molecular weight excluding hydrogens is 164 g/mol. The van der Waals surface area contributed by atoms with Crippen molar-refractivity contribution in [1.29, 1.82) is 5.26 Å². The standard InChI is InChI=1S/C9H12N4/c1-2-13-9-3-4-11-6-7(9)8(5-10)12-13/h11H,2-4,6H2,1H3. The minimum atomic E-state index is 0.587. The van der Waals surface area contributed by atoms with Gasteiger partial charge < -0.3 is 5.32 Å². The zero-order valence-electron chi connectivity index (χ0n) is 7.67. The van der Waals surface area contributed by atoms with Crippen LogP contribution >= 0.6 is 0 Å². The minimum absolute atomic E-state index is 0.587. The topological polar surface area (TPSA) is 53.6 Å². The Bertz CT molecular complexity index is 358. The first kappa shape index (κ1) is 8.27.